The Morgan fingerprint density at radius 3 is 2.41 bits per heavy atom. The third-order valence-electron chi connectivity index (χ3n) is 4.91. The average molecular weight is 367 g/mol. The minimum absolute atomic E-state index is 0.0541. The first kappa shape index (κ1) is 19.1. The Hall–Kier alpha value is -2.66. The maximum absolute atomic E-state index is 12.9. The molecule has 0 spiro atoms. The largest absolute Gasteiger partial charge is 0.481 e. The van der Waals surface area contributed by atoms with Gasteiger partial charge in [0.05, 0.1) is 19.1 Å². The molecule has 5 heteroatoms. The van der Waals surface area contributed by atoms with Gasteiger partial charge in [-0.2, -0.15) is 0 Å². The fourth-order valence-electron chi connectivity index (χ4n) is 3.54. The second-order valence-electron chi connectivity index (χ2n) is 6.93. The smallest absolute Gasteiger partial charge is 0.306 e. The molecule has 2 atom stereocenters. The topological polar surface area (TPSA) is 66.8 Å². The van der Waals surface area contributed by atoms with Gasteiger partial charge in [-0.3, -0.25) is 9.59 Å². The van der Waals surface area contributed by atoms with Crippen LogP contribution in [0.15, 0.2) is 60.7 Å². The maximum atomic E-state index is 12.9. The number of hydrogen-bond donors (Lipinski definition) is 1. The highest BCUT2D eigenvalue weighted by molar-refractivity contribution is 5.77. The molecule has 0 bridgehead atoms. The SMILES string of the molecule is O=C(O)CC1CN(C(=O)CC(Cc2ccccc2)c2ccccc2)CCO1. The van der Waals surface area contributed by atoms with Crippen molar-refractivity contribution in [2.24, 2.45) is 0 Å². The lowest BCUT2D eigenvalue weighted by Crippen LogP contribution is -2.46. The van der Waals surface area contributed by atoms with Crippen LogP contribution < -0.4 is 0 Å². The summed E-state index contributed by atoms with van der Waals surface area (Å²) in [5.41, 5.74) is 2.34. The van der Waals surface area contributed by atoms with Crippen molar-refractivity contribution in [1.29, 1.82) is 0 Å². The number of carboxylic acid groups (broad SMARTS) is 1. The molecule has 2 aromatic rings. The predicted octanol–water partition coefficient (Wildman–Crippen LogP) is 3.11. The summed E-state index contributed by atoms with van der Waals surface area (Å²) < 4.78 is 5.48. The van der Waals surface area contributed by atoms with Crippen molar-refractivity contribution < 1.29 is 19.4 Å². The highest BCUT2D eigenvalue weighted by Gasteiger charge is 2.27. The van der Waals surface area contributed by atoms with E-state index >= 15 is 0 Å². The van der Waals surface area contributed by atoms with Crippen molar-refractivity contribution in [1.82, 2.24) is 4.90 Å². The summed E-state index contributed by atoms with van der Waals surface area (Å²) in [4.78, 5) is 25.6. The molecule has 0 aromatic heterocycles. The number of morpholine rings is 1. The van der Waals surface area contributed by atoms with Gasteiger partial charge in [0.25, 0.3) is 0 Å². The molecule has 3 rings (SSSR count). The standard InChI is InChI=1S/C22H25NO4/c24-21(23-11-12-27-20(16-23)15-22(25)26)14-19(18-9-5-2-6-10-18)13-17-7-3-1-4-8-17/h1-10,19-20H,11-16H2,(H,25,26). The van der Waals surface area contributed by atoms with Crippen LogP contribution in [0.4, 0.5) is 0 Å². The summed E-state index contributed by atoms with van der Waals surface area (Å²) in [6, 6.07) is 20.3. The van der Waals surface area contributed by atoms with Crippen molar-refractivity contribution in [2.75, 3.05) is 19.7 Å². The number of rotatable bonds is 7. The van der Waals surface area contributed by atoms with Crippen LogP contribution in [0.25, 0.3) is 0 Å². The first-order chi connectivity index (χ1) is 13.1. The molecular weight excluding hydrogens is 342 g/mol. The summed E-state index contributed by atoms with van der Waals surface area (Å²) in [6.45, 7) is 1.25. The molecule has 0 radical (unpaired) electrons. The van der Waals surface area contributed by atoms with Gasteiger partial charge in [-0.05, 0) is 23.5 Å². The van der Waals surface area contributed by atoms with E-state index in [-0.39, 0.29) is 18.2 Å². The fraction of sp³-hybridized carbons (Fsp3) is 0.364. The van der Waals surface area contributed by atoms with Crippen LogP contribution in [-0.2, 0) is 20.7 Å². The quantitative estimate of drug-likeness (QED) is 0.817. The number of benzene rings is 2. The number of hydrogen-bond acceptors (Lipinski definition) is 3. The second kappa shape index (κ2) is 9.33. The number of nitrogens with zero attached hydrogens (tertiary/aromatic N) is 1. The van der Waals surface area contributed by atoms with E-state index in [1.807, 2.05) is 36.4 Å². The Morgan fingerprint density at radius 1 is 1.07 bits per heavy atom. The van der Waals surface area contributed by atoms with Gasteiger partial charge in [0.1, 0.15) is 0 Å². The van der Waals surface area contributed by atoms with Gasteiger partial charge in [-0.25, -0.2) is 0 Å². The number of aliphatic carboxylic acids is 1. The molecule has 1 heterocycles. The summed E-state index contributed by atoms with van der Waals surface area (Å²) in [6.07, 6.45) is 0.693. The zero-order valence-corrected chi connectivity index (χ0v) is 15.3. The molecule has 0 saturated carbocycles. The van der Waals surface area contributed by atoms with Crippen molar-refractivity contribution >= 4 is 11.9 Å². The van der Waals surface area contributed by atoms with Gasteiger partial charge in [-0.1, -0.05) is 60.7 Å². The van der Waals surface area contributed by atoms with Crippen molar-refractivity contribution in [3.8, 4) is 0 Å². The van der Waals surface area contributed by atoms with Gasteiger partial charge in [0.15, 0.2) is 0 Å². The first-order valence-corrected chi connectivity index (χ1v) is 9.32. The number of carbonyl (C=O) groups is 2. The number of ether oxygens (including phenoxy) is 1. The number of amides is 1. The van der Waals surface area contributed by atoms with E-state index in [1.54, 1.807) is 4.90 Å². The third kappa shape index (κ3) is 5.66. The summed E-state index contributed by atoms with van der Waals surface area (Å²) in [5.74, 6) is -0.763. The van der Waals surface area contributed by atoms with E-state index in [2.05, 4.69) is 24.3 Å². The van der Waals surface area contributed by atoms with Gasteiger partial charge in [0, 0.05) is 19.5 Å². The predicted molar refractivity (Wildman–Crippen MR) is 103 cm³/mol. The highest BCUT2D eigenvalue weighted by Crippen LogP contribution is 2.26. The van der Waals surface area contributed by atoms with E-state index < -0.39 is 12.1 Å². The second-order valence-corrected chi connectivity index (χ2v) is 6.93. The Labute approximate surface area is 159 Å². The van der Waals surface area contributed by atoms with Gasteiger partial charge >= 0.3 is 5.97 Å². The van der Waals surface area contributed by atoms with E-state index in [0.717, 1.165) is 12.0 Å². The Balaban J connectivity index is 1.69. The van der Waals surface area contributed by atoms with Crippen molar-refractivity contribution in [3.63, 3.8) is 0 Å². The molecule has 142 valence electrons. The van der Waals surface area contributed by atoms with Crippen LogP contribution in [0.3, 0.4) is 0 Å². The van der Waals surface area contributed by atoms with Crippen molar-refractivity contribution in [2.45, 2.75) is 31.3 Å². The van der Waals surface area contributed by atoms with Gasteiger partial charge < -0.3 is 14.7 Å². The zero-order valence-electron chi connectivity index (χ0n) is 15.3. The lowest BCUT2D eigenvalue weighted by molar-refractivity contribution is -0.147. The Morgan fingerprint density at radius 2 is 1.74 bits per heavy atom. The van der Waals surface area contributed by atoms with Crippen LogP contribution in [0.5, 0.6) is 0 Å². The van der Waals surface area contributed by atoms with Crippen LogP contribution in [0, 0.1) is 0 Å². The van der Waals surface area contributed by atoms with E-state index in [4.69, 9.17) is 9.84 Å². The third-order valence-corrected chi connectivity index (χ3v) is 4.91. The van der Waals surface area contributed by atoms with E-state index in [1.165, 1.54) is 5.56 Å². The molecule has 1 saturated heterocycles. The summed E-state index contributed by atoms with van der Waals surface area (Å²) in [5, 5.41) is 8.97. The molecule has 1 aliphatic rings. The van der Waals surface area contributed by atoms with Crippen LogP contribution >= 0.6 is 0 Å². The molecular formula is C22H25NO4. The van der Waals surface area contributed by atoms with Gasteiger partial charge in [-0.15, -0.1) is 0 Å². The molecule has 1 aliphatic heterocycles. The fourth-order valence-corrected chi connectivity index (χ4v) is 3.54. The first-order valence-electron chi connectivity index (χ1n) is 9.32. The highest BCUT2D eigenvalue weighted by atomic mass is 16.5. The monoisotopic (exact) mass is 367 g/mol. The number of carboxylic acids is 1. The molecule has 2 aromatic carbocycles. The maximum Gasteiger partial charge on any atom is 0.306 e. The molecule has 1 fully saturated rings. The molecule has 5 nitrogen and oxygen atoms in total. The lowest BCUT2D eigenvalue weighted by atomic mass is 9.88. The Kier molecular flexibility index (Phi) is 6.60. The normalized spacial score (nSPS) is 18.1. The van der Waals surface area contributed by atoms with Crippen LogP contribution in [0.1, 0.15) is 29.9 Å². The van der Waals surface area contributed by atoms with Crippen LogP contribution in [-0.4, -0.2) is 47.7 Å². The van der Waals surface area contributed by atoms with Crippen molar-refractivity contribution in [3.05, 3.63) is 71.8 Å². The lowest BCUT2D eigenvalue weighted by Gasteiger charge is -2.33. The molecule has 1 N–H and O–H groups in total. The average Bonchev–Trinajstić information content (AvgIpc) is 2.68. The molecule has 0 aliphatic carbocycles. The Bertz CT molecular complexity index is 747. The summed E-state index contributed by atoms with van der Waals surface area (Å²) in [7, 11) is 0. The molecule has 1 amide bonds. The van der Waals surface area contributed by atoms with Crippen LogP contribution in [0.2, 0.25) is 0 Å². The van der Waals surface area contributed by atoms with Gasteiger partial charge in [0.2, 0.25) is 5.91 Å². The minimum Gasteiger partial charge on any atom is -0.481 e. The number of carbonyl (C=O) groups excluding carboxylic acids is 1. The zero-order chi connectivity index (χ0) is 19.1. The van der Waals surface area contributed by atoms with E-state index in [9.17, 15) is 9.59 Å². The summed E-state index contributed by atoms with van der Waals surface area (Å²) >= 11 is 0. The molecule has 2 unspecified atom stereocenters. The molecule has 27 heavy (non-hydrogen) atoms. The minimum atomic E-state index is -0.902. The van der Waals surface area contributed by atoms with E-state index in [0.29, 0.717) is 26.1 Å².